The van der Waals surface area contributed by atoms with Crippen LogP contribution >= 0.6 is 0 Å². The molecule has 0 fully saturated rings. The number of carbonyl (C=O) groups excluding carboxylic acids is 2. The van der Waals surface area contributed by atoms with Gasteiger partial charge < -0.3 is 4.74 Å². The van der Waals surface area contributed by atoms with E-state index in [0.29, 0.717) is 29.0 Å². The number of ether oxygens (including phenoxy) is 1. The second kappa shape index (κ2) is 8.17. The number of aromatic nitrogens is 2. The molecule has 1 aromatic heterocycles. The van der Waals surface area contributed by atoms with Gasteiger partial charge in [-0.2, -0.15) is 0 Å². The molecule has 0 spiro atoms. The average molecular weight is 396 g/mol. The summed E-state index contributed by atoms with van der Waals surface area (Å²) in [5.74, 6) is -2.39. The standard InChI is InChI=1S/C20H20N4O5/c1-4-15-18(19(25)23-10-9-21-11-23)17(16(12(2)22-15)20(26)29-3)13-5-7-14(8-6-13)24(27)28/h5-11,16-17H,4H2,1-3H3. The van der Waals surface area contributed by atoms with E-state index in [1.54, 1.807) is 19.1 Å². The summed E-state index contributed by atoms with van der Waals surface area (Å²) in [4.78, 5) is 44.9. The van der Waals surface area contributed by atoms with E-state index in [1.165, 1.54) is 42.5 Å². The lowest BCUT2D eigenvalue weighted by molar-refractivity contribution is -0.384. The number of esters is 1. The molecule has 0 saturated heterocycles. The summed E-state index contributed by atoms with van der Waals surface area (Å²) in [7, 11) is 1.28. The van der Waals surface area contributed by atoms with Gasteiger partial charge in [0.2, 0.25) is 0 Å². The van der Waals surface area contributed by atoms with Crippen LogP contribution in [0.1, 0.15) is 36.5 Å². The van der Waals surface area contributed by atoms with Crippen LogP contribution in [-0.2, 0) is 9.53 Å². The highest BCUT2D eigenvalue weighted by molar-refractivity contribution is 6.08. The SMILES string of the molecule is CCC1=C(C(=O)n2ccnc2)C(c2ccc([N+](=O)[O-])cc2)C(C(=O)OC)C(C)=N1. The lowest BCUT2D eigenvalue weighted by Gasteiger charge is -2.32. The number of hydrogen-bond acceptors (Lipinski definition) is 7. The van der Waals surface area contributed by atoms with Crippen molar-refractivity contribution in [3.8, 4) is 0 Å². The number of allylic oxidation sites excluding steroid dienone is 2. The minimum Gasteiger partial charge on any atom is -0.468 e. The third kappa shape index (κ3) is 3.71. The Morgan fingerprint density at radius 2 is 1.97 bits per heavy atom. The van der Waals surface area contributed by atoms with E-state index in [1.807, 2.05) is 6.92 Å². The van der Waals surface area contributed by atoms with E-state index in [4.69, 9.17) is 4.74 Å². The van der Waals surface area contributed by atoms with Crippen molar-refractivity contribution >= 4 is 23.3 Å². The van der Waals surface area contributed by atoms with Gasteiger partial charge in [0.15, 0.2) is 0 Å². The van der Waals surface area contributed by atoms with Crippen molar-refractivity contribution < 1.29 is 19.2 Å². The first-order chi connectivity index (χ1) is 13.9. The number of methoxy groups -OCH3 is 1. The fourth-order valence-corrected chi connectivity index (χ4v) is 3.57. The Morgan fingerprint density at radius 1 is 1.28 bits per heavy atom. The maximum absolute atomic E-state index is 13.3. The summed E-state index contributed by atoms with van der Waals surface area (Å²) in [5, 5.41) is 11.0. The number of benzene rings is 1. The molecule has 150 valence electrons. The van der Waals surface area contributed by atoms with Crippen molar-refractivity contribution in [1.29, 1.82) is 0 Å². The fourth-order valence-electron chi connectivity index (χ4n) is 3.57. The van der Waals surface area contributed by atoms with E-state index in [2.05, 4.69) is 9.98 Å². The quantitative estimate of drug-likeness (QED) is 0.435. The molecule has 2 unspecified atom stereocenters. The van der Waals surface area contributed by atoms with Gasteiger partial charge in [0.1, 0.15) is 12.2 Å². The monoisotopic (exact) mass is 396 g/mol. The summed E-state index contributed by atoms with van der Waals surface area (Å²) in [6.07, 6.45) is 4.87. The van der Waals surface area contributed by atoms with Crippen molar-refractivity contribution in [3.63, 3.8) is 0 Å². The van der Waals surface area contributed by atoms with E-state index in [-0.39, 0.29) is 11.6 Å². The van der Waals surface area contributed by atoms with E-state index < -0.39 is 22.7 Å². The van der Waals surface area contributed by atoms with Crippen LogP contribution in [0.25, 0.3) is 0 Å². The van der Waals surface area contributed by atoms with E-state index in [9.17, 15) is 19.7 Å². The Hall–Kier alpha value is -3.62. The molecule has 2 atom stereocenters. The molecule has 0 N–H and O–H groups in total. The van der Waals surface area contributed by atoms with Crippen LogP contribution in [-0.4, -0.2) is 39.2 Å². The highest BCUT2D eigenvalue weighted by Crippen LogP contribution is 2.41. The zero-order valence-corrected chi connectivity index (χ0v) is 16.2. The van der Waals surface area contributed by atoms with Crippen molar-refractivity contribution in [3.05, 3.63) is 69.9 Å². The van der Waals surface area contributed by atoms with Crippen LogP contribution < -0.4 is 0 Å². The summed E-state index contributed by atoms with van der Waals surface area (Å²) in [6, 6.07) is 5.84. The summed E-state index contributed by atoms with van der Waals surface area (Å²) in [5.41, 5.74) is 1.95. The molecule has 0 radical (unpaired) electrons. The third-order valence-electron chi connectivity index (χ3n) is 4.94. The van der Waals surface area contributed by atoms with Crippen LogP contribution in [0.2, 0.25) is 0 Å². The molecule has 0 amide bonds. The largest absolute Gasteiger partial charge is 0.468 e. The summed E-state index contributed by atoms with van der Waals surface area (Å²) >= 11 is 0. The van der Waals surface area contributed by atoms with Gasteiger partial charge in [0, 0.05) is 47.4 Å². The number of nitro groups is 1. The number of carbonyl (C=O) groups is 2. The lowest BCUT2D eigenvalue weighted by Crippen LogP contribution is -2.36. The van der Waals surface area contributed by atoms with Crippen molar-refractivity contribution in [1.82, 2.24) is 9.55 Å². The van der Waals surface area contributed by atoms with Crippen LogP contribution in [0.3, 0.4) is 0 Å². The van der Waals surface area contributed by atoms with Gasteiger partial charge in [-0.1, -0.05) is 19.1 Å². The molecule has 1 aliphatic heterocycles. The molecule has 29 heavy (non-hydrogen) atoms. The molecule has 9 heteroatoms. The van der Waals surface area contributed by atoms with Crippen LogP contribution in [0.15, 0.2) is 59.2 Å². The molecule has 2 aromatic rings. The molecule has 1 aliphatic rings. The van der Waals surface area contributed by atoms with Crippen molar-refractivity contribution in [2.24, 2.45) is 10.9 Å². The first kappa shape index (κ1) is 20.1. The first-order valence-corrected chi connectivity index (χ1v) is 9.02. The Kier molecular flexibility index (Phi) is 5.67. The predicted octanol–water partition coefficient (Wildman–Crippen LogP) is 3.14. The number of nitro benzene ring substituents is 1. The molecule has 2 heterocycles. The van der Waals surface area contributed by atoms with Crippen LogP contribution in [0, 0.1) is 16.0 Å². The van der Waals surface area contributed by atoms with E-state index >= 15 is 0 Å². The lowest BCUT2D eigenvalue weighted by atomic mass is 9.75. The van der Waals surface area contributed by atoms with Crippen molar-refractivity contribution in [2.45, 2.75) is 26.2 Å². The number of hydrogen-bond donors (Lipinski definition) is 0. The number of imidazole rings is 1. The highest BCUT2D eigenvalue weighted by atomic mass is 16.6. The Morgan fingerprint density at radius 3 is 2.48 bits per heavy atom. The number of aliphatic imine (C=N–C) groups is 1. The number of non-ortho nitro benzene ring substituents is 1. The van der Waals surface area contributed by atoms with Crippen molar-refractivity contribution in [2.75, 3.05) is 7.11 Å². The van der Waals surface area contributed by atoms with Gasteiger partial charge in [-0.05, 0) is 18.9 Å². The Bertz CT molecular complexity index is 1010. The zero-order chi connectivity index (χ0) is 21.1. The number of nitrogens with zero attached hydrogens (tertiary/aromatic N) is 4. The molecular weight excluding hydrogens is 376 g/mol. The van der Waals surface area contributed by atoms with Crippen LogP contribution in [0.5, 0.6) is 0 Å². The molecule has 0 saturated carbocycles. The van der Waals surface area contributed by atoms with E-state index in [0.717, 1.165) is 0 Å². The average Bonchev–Trinajstić information content (AvgIpc) is 3.26. The zero-order valence-electron chi connectivity index (χ0n) is 16.2. The van der Waals surface area contributed by atoms with Gasteiger partial charge in [-0.25, -0.2) is 4.98 Å². The first-order valence-electron chi connectivity index (χ1n) is 9.02. The second-order valence-corrected chi connectivity index (χ2v) is 6.57. The Labute approximate surface area is 166 Å². The van der Waals surface area contributed by atoms with Gasteiger partial charge in [0.25, 0.3) is 11.6 Å². The highest BCUT2D eigenvalue weighted by Gasteiger charge is 2.42. The second-order valence-electron chi connectivity index (χ2n) is 6.57. The summed E-state index contributed by atoms with van der Waals surface area (Å²) in [6.45, 7) is 3.59. The smallest absolute Gasteiger partial charge is 0.315 e. The Balaban J connectivity index is 2.21. The molecular formula is C20H20N4O5. The minimum absolute atomic E-state index is 0.0771. The van der Waals surface area contributed by atoms with Crippen LogP contribution in [0.4, 0.5) is 5.69 Å². The summed E-state index contributed by atoms with van der Waals surface area (Å²) < 4.78 is 6.31. The van der Waals surface area contributed by atoms with Gasteiger partial charge in [-0.15, -0.1) is 0 Å². The van der Waals surface area contributed by atoms with Gasteiger partial charge >= 0.3 is 5.97 Å². The topological polar surface area (TPSA) is 117 Å². The molecule has 0 aliphatic carbocycles. The minimum atomic E-state index is -0.820. The third-order valence-corrected chi connectivity index (χ3v) is 4.94. The predicted molar refractivity (Wildman–Crippen MR) is 105 cm³/mol. The number of rotatable bonds is 5. The molecule has 0 bridgehead atoms. The molecule has 9 nitrogen and oxygen atoms in total. The fraction of sp³-hybridized carbons (Fsp3) is 0.300. The maximum Gasteiger partial charge on any atom is 0.315 e. The van der Waals surface area contributed by atoms with Gasteiger partial charge in [0.05, 0.1) is 12.0 Å². The normalized spacial score (nSPS) is 18.9. The molecule has 1 aromatic carbocycles. The molecule has 3 rings (SSSR count). The van der Waals surface area contributed by atoms with Gasteiger partial charge in [-0.3, -0.25) is 29.3 Å². The maximum atomic E-state index is 13.3.